The molecule has 1 rings (SSSR count). The first kappa shape index (κ1) is 14.6. The topological polar surface area (TPSA) is 69.7 Å². The van der Waals surface area contributed by atoms with E-state index in [0.717, 1.165) is 0 Å². The number of alkyl halides is 5. The van der Waals surface area contributed by atoms with Gasteiger partial charge in [0.1, 0.15) is 0 Å². The monoisotopic (exact) mass is 277 g/mol. The smallest absolute Gasteiger partial charge is 0.388 e. The van der Waals surface area contributed by atoms with E-state index in [0.29, 0.717) is 6.07 Å². The van der Waals surface area contributed by atoms with Crippen LogP contribution in [-0.4, -0.2) is 11.3 Å². The van der Waals surface area contributed by atoms with Gasteiger partial charge in [-0.15, -0.1) is 13.2 Å². The quantitative estimate of drug-likeness (QED) is 0.796. The normalized spacial score (nSPS) is 10.9. The van der Waals surface area contributed by atoms with Crippen LogP contribution in [0.1, 0.15) is 23.2 Å². The number of halogens is 5. The van der Waals surface area contributed by atoms with Crippen LogP contribution in [0.15, 0.2) is 6.07 Å². The zero-order valence-corrected chi connectivity index (χ0v) is 9.00. The van der Waals surface area contributed by atoms with Gasteiger partial charge in [-0.3, -0.25) is 0 Å². The lowest BCUT2D eigenvalue weighted by atomic mass is 10.1. The first-order valence-corrected chi connectivity index (χ1v) is 4.63. The van der Waals surface area contributed by atoms with Crippen molar-refractivity contribution in [3.8, 4) is 18.0 Å². The van der Waals surface area contributed by atoms with Crippen molar-refractivity contribution in [2.24, 2.45) is 0 Å². The number of nitriles is 2. The molecule has 0 radical (unpaired) electrons. The predicted molar refractivity (Wildman–Crippen MR) is 49.9 cm³/mol. The molecule has 19 heavy (non-hydrogen) atoms. The minimum atomic E-state index is -5.07. The zero-order valence-electron chi connectivity index (χ0n) is 9.00. The van der Waals surface area contributed by atoms with E-state index in [2.05, 4.69) is 9.72 Å². The summed E-state index contributed by atoms with van der Waals surface area (Å²) in [5, 5.41) is 17.1. The number of rotatable bonds is 3. The number of hydrogen-bond donors (Lipinski definition) is 0. The predicted octanol–water partition coefficient (Wildman–Crippen LogP) is 2.86. The lowest BCUT2D eigenvalue weighted by Crippen LogP contribution is -2.19. The number of nitrogens with zero attached hydrogens (tertiary/aromatic N) is 3. The maximum Gasteiger partial charge on any atom is 0.574 e. The summed E-state index contributed by atoms with van der Waals surface area (Å²) in [5.74, 6) is -1.06. The second-order valence-corrected chi connectivity index (χ2v) is 3.16. The number of hydrogen-bond acceptors (Lipinski definition) is 4. The van der Waals surface area contributed by atoms with Gasteiger partial charge in [-0.2, -0.15) is 10.5 Å². The third-order valence-corrected chi connectivity index (χ3v) is 1.92. The molecule has 0 bridgehead atoms. The summed E-state index contributed by atoms with van der Waals surface area (Å²) in [6.07, 6.45) is -8.87. The summed E-state index contributed by atoms with van der Waals surface area (Å²) >= 11 is 0. The van der Waals surface area contributed by atoms with Gasteiger partial charge < -0.3 is 4.74 Å². The van der Waals surface area contributed by atoms with Gasteiger partial charge in [-0.05, 0) is 0 Å². The highest BCUT2D eigenvalue weighted by atomic mass is 19.4. The van der Waals surface area contributed by atoms with E-state index >= 15 is 0 Å². The van der Waals surface area contributed by atoms with Crippen LogP contribution in [0.25, 0.3) is 0 Å². The Labute approximate surface area is 103 Å². The fraction of sp³-hybridized carbons (Fsp3) is 0.300. The molecule has 0 saturated heterocycles. The molecule has 0 aliphatic rings. The fourth-order valence-electron chi connectivity index (χ4n) is 1.30. The molecule has 0 aliphatic carbocycles. The van der Waals surface area contributed by atoms with Crippen LogP contribution in [0.4, 0.5) is 22.0 Å². The van der Waals surface area contributed by atoms with E-state index in [4.69, 9.17) is 10.5 Å². The van der Waals surface area contributed by atoms with Crippen molar-refractivity contribution in [2.45, 2.75) is 19.2 Å². The van der Waals surface area contributed by atoms with Crippen molar-refractivity contribution in [1.82, 2.24) is 4.98 Å². The van der Waals surface area contributed by atoms with Crippen molar-refractivity contribution in [2.75, 3.05) is 0 Å². The zero-order chi connectivity index (χ0) is 14.6. The van der Waals surface area contributed by atoms with Gasteiger partial charge in [0, 0.05) is 6.07 Å². The Hall–Kier alpha value is -2.42. The van der Waals surface area contributed by atoms with E-state index in [1.54, 1.807) is 0 Å². The summed E-state index contributed by atoms with van der Waals surface area (Å²) < 4.78 is 64.8. The Kier molecular flexibility index (Phi) is 4.22. The van der Waals surface area contributed by atoms with Gasteiger partial charge in [0.25, 0.3) is 6.43 Å². The third-order valence-electron chi connectivity index (χ3n) is 1.92. The minimum absolute atomic E-state index is 0.454. The van der Waals surface area contributed by atoms with Gasteiger partial charge in [0.2, 0.25) is 5.88 Å². The van der Waals surface area contributed by atoms with Crippen molar-refractivity contribution in [3.63, 3.8) is 0 Å². The molecule has 4 nitrogen and oxygen atoms in total. The van der Waals surface area contributed by atoms with Crippen LogP contribution in [-0.2, 0) is 6.42 Å². The summed E-state index contributed by atoms with van der Waals surface area (Å²) in [6.45, 7) is 0. The molecule has 1 aromatic heterocycles. The largest absolute Gasteiger partial charge is 0.574 e. The van der Waals surface area contributed by atoms with Crippen LogP contribution in [0.2, 0.25) is 0 Å². The molecular formula is C10H4F5N3O. The summed E-state index contributed by atoms with van der Waals surface area (Å²) in [4.78, 5) is 3.18. The Balaban J connectivity index is 3.38. The second kappa shape index (κ2) is 5.48. The van der Waals surface area contributed by atoms with E-state index in [1.165, 1.54) is 12.1 Å². The van der Waals surface area contributed by atoms with Crippen LogP contribution in [0, 0.1) is 22.7 Å². The molecule has 0 atom stereocenters. The maximum absolute atomic E-state index is 12.7. The minimum Gasteiger partial charge on any atom is -0.388 e. The Morgan fingerprint density at radius 3 is 2.37 bits per heavy atom. The average molecular weight is 277 g/mol. The highest BCUT2D eigenvalue weighted by molar-refractivity contribution is 5.44. The van der Waals surface area contributed by atoms with Crippen LogP contribution < -0.4 is 4.74 Å². The van der Waals surface area contributed by atoms with Gasteiger partial charge in [-0.1, -0.05) is 0 Å². The highest BCUT2D eigenvalue weighted by Crippen LogP contribution is 2.30. The first-order valence-electron chi connectivity index (χ1n) is 4.63. The summed E-state index contributed by atoms with van der Waals surface area (Å²) in [7, 11) is 0. The fourth-order valence-corrected chi connectivity index (χ4v) is 1.30. The van der Waals surface area contributed by atoms with E-state index in [1.807, 2.05) is 0 Å². The van der Waals surface area contributed by atoms with E-state index in [-0.39, 0.29) is 0 Å². The van der Waals surface area contributed by atoms with Crippen LogP contribution in [0.5, 0.6) is 5.88 Å². The van der Waals surface area contributed by atoms with Crippen LogP contribution in [0.3, 0.4) is 0 Å². The third kappa shape index (κ3) is 3.78. The molecule has 0 unspecified atom stereocenters. The second-order valence-electron chi connectivity index (χ2n) is 3.16. The van der Waals surface area contributed by atoms with E-state index < -0.39 is 41.9 Å². The van der Waals surface area contributed by atoms with Crippen molar-refractivity contribution >= 4 is 0 Å². The lowest BCUT2D eigenvalue weighted by Gasteiger charge is -2.12. The SMILES string of the molecule is N#CCc1nc(OC(F)(F)F)cc(C#N)c1C(F)F. The van der Waals surface area contributed by atoms with Gasteiger partial charge in [0.15, 0.2) is 0 Å². The molecular weight excluding hydrogens is 273 g/mol. The first-order chi connectivity index (χ1) is 8.78. The Morgan fingerprint density at radius 1 is 1.32 bits per heavy atom. The molecule has 0 aromatic carbocycles. The van der Waals surface area contributed by atoms with Crippen molar-refractivity contribution in [3.05, 3.63) is 22.9 Å². The molecule has 1 aromatic rings. The number of aromatic nitrogens is 1. The molecule has 0 amide bonds. The molecule has 0 saturated carbocycles. The molecule has 9 heteroatoms. The maximum atomic E-state index is 12.7. The van der Waals surface area contributed by atoms with Crippen LogP contribution >= 0.6 is 0 Å². The Bertz CT molecular complexity index is 556. The molecule has 0 aliphatic heterocycles. The van der Waals surface area contributed by atoms with Gasteiger partial charge >= 0.3 is 6.36 Å². The van der Waals surface area contributed by atoms with Crippen molar-refractivity contribution < 1.29 is 26.7 Å². The van der Waals surface area contributed by atoms with Crippen molar-refractivity contribution in [1.29, 1.82) is 10.5 Å². The molecule has 0 spiro atoms. The Morgan fingerprint density at radius 2 is 1.95 bits per heavy atom. The molecule has 1 heterocycles. The lowest BCUT2D eigenvalue weighted by molar-refractivity contribution is -0.276. The standard InChI is InChI=1S/C10H4F5N3O/c11-9(12)8-5(4-17)3-7(19-10(13,14)15)18-6(8)1-2-16/h3,9H,1H2. The average Bonchev–Trinajstić information content (AvgIpc) is 2.25. The summed E-state index contributed by atoms with van der Waals surface area (Å²) in [6, 6.07) is 3.26. The van der Waals surface area contributed by atoms with E-state index in [9.17, 15) is 22.0 Å². The number of ether oxygens (including phenoxy) is 1. The van der Waals surface area contributed by atoms with Gasteiger partial charge in [0.05, 0.1) is 35.4 Å². The summed E-state index contributed by atoms with van der Waals surface area (Å²) in [5.41, 5.74) is -2.19. The number of pyridine rings is 1. The molecule has 100 valence electrons. The molecule has 0 N–H and O–H groups in total. The van der Waals surface area contributed by atoms with Gasteiger partial charge in [-0.25, -0.2) is 13.8 Å². The highest BCUT2D eigenvalue weighted by Gasteiger charge is 2.33. The molecule has 0 fully saturated rings.